The molecule has 2 unspecified atom stereocenters. The Morgan fingerprint density at radius 3 is 2.40 bits per heavy atom. The van der Waals surface area contributed by atoms with E-state index in [4.69, 9.17) is 5.10 Å². The molecular weight excluding hydrogens is 569 g/mol. The topological polar surface area (TPSA) is 90.8 Å². The number of carbonyl (C=O) groups excluding carboxylic acids is 1. The number of nitrogens with one attached hydrogen (secondary N) is 1. The van der Waals surface area contributed by atoms with Gasteiger partial charge in [0.15, 0.2) is 0 Å². The van der Waals surface area contributed by atoms with Crippen molar-refractivity contribution in [2.24, 2.45) is 0 Å². The molecule has 0 spiro atoms. The van der Waals surface area contributed by atoms with Gasteiger partial charge in [0.05, 0.1) is 29.6 Å². The lowest BCUT2D eigenvalue weighted by atomic mass is 9.89. The largest absolute Gasteiger partial charge is 0.416 e. The molecule has 2 saturated heterocycles. The Kier molecular flexibility index (Phi) is 8.03. The number of halogens is 3. The summed E-state index contributed by atoms with van der Waals surface area (Å²) in [6, 6.07) is 5.95. The van der Waals surface area contributed by atoms with Gasteiger partial charge in [0.1, 0.15) is 0 Å². The van der Waals surface area contributed by atoms with E-state index in [1.165, 1.54) is 35.5 Å². The first-order chi connectivity index (χ1) is 20.0. The SMILES string of the molecule is CS(=O)(=O)N1CCc2c(c(-c3ccc(C(F)(F)F)cc3)nn2CCCN2CCC(N3C(=O)NC4CCCCC43)CC2)C1. The zero-order valence-electron chi connectivity index (χ0n) is 23.9. The van der Waals surface area contributed by atoms with Gasteiger partial charge < -0.3 is 15.1 Å². The van der Waals surface area contributed by atoms with Crippen LogP contribution in [-0.4, -0.2) is 88.9 Å². The van der Waals surface area contributed by atoms with E-state index in [0.29, 0.717) is 42.9 Å². The Labute approximate surface area is 245 Å². The summed E-state index contributed by atoms with van der Waals surface area (Å²) in [6.45, 7) is 3.89. The minimum absolute atomic E-state index is 0.104. The maximum atomic E-state index is 13.1. The molecule has 13 heteroatoms. The zero-order chi connectivity index (χ0) is 29.6. The lowest BCUT2D eigenvalue weighted by Gasteiger charge is -2.40. The quantitative estimate of drug-likeness (QED) is 0.512. The van der Waals surface area contributed by atoms with Gasteiger partial charge in [-0.05, 0) is 50.8 Å². The van der Waals surface area contributed by atoms with E-state index in [2.05, 4.69) is 15.1 Å². The highest BCUT2D eigenvalue weighted by Gasteiger charge is 2.44. The number of hydrogen-bond donors (Lipinski definition) is 1. The van der Waals surface area contributed by atoms with Crippen LogP contribution in [-0.2, 0) is 35.7 Å². The molecule has 4 heterocycles. The molecule has 1 aromatic heterocycles. The number of likely N-dealkylation sites (tertiary alicyclic amines) is 1. The monoisotopic (exact) mass is 608 g/mol. The molecule has 2 atom stereocenters. The second kappa shape index (κ2) is 11.5. The molecule has 2 aromatic rings. The fourth-order valence-corrected chi connectivity index (χ4v) is 8.07. The summed E-state index contributed by atoms with van der Waals surface area (Å²) in [4.78, 5) is 17.3. The second-order valence-corrected chi connectivity index (χ2v) is 14.1. The van der Waals surface area contributed by atoms with Gasteiger partial charge in [-0.2, -0.15) is 22.6 Å². The molecule has 1 aliphatic carbocycles. The maximum absolute atomic E-state index is 13.1. The van der Waals surface area contributed by atoms with Gasteiger partial charge in [-0.25, -0.2) is 13.2 Å². The molecule has 1 N–H and O–H groups in total. The van der Waals surface area contributed by atoms with Crippen molar-refractivity contribution in [3.63, 3.8) is 0 Å². The normalized spacial score (nSPS) is 24.5. The lowest BCUT2D eigenvalue weighted by molar-refractivity contribution is -0.137. The van der Waals surface area contributed by atoms with E-state index in [9.17, 15) is 26.4 Å². The van der Waals surface area contributed by atoms with Crippen LogP contribution in [0.15, 0.2) is 24.3 Å². The van der Waals surface area contributed by atoms with Gasteiger partial charge in [-0.3, -0.25) is 4.68 Å². The van der Waals surface area contributed by atoms with Crippen molar-refractivity contribution in [2.75, 3.05) is 32.4 Å². The fraction of sp³-hybridized carbons (Fsp3) is 0.655. The third kappa shape index (κ3) is 5.92. The number of carbonyl (C=O) groups is 1. The van der Waals surface area contributed by atoms with Crippen LogP contribution in [0.1, 0.15) is 61.8 Å². The highest BCUT2D eigenvalue weighted by atomic mass is 32.2. The molecule has 0 radical (unpaired) electrons. The lowest BCUT2D eigenvalue weighted by Crippen LogP contribution is -2.50. The fourth-order valence-electron chi connectivity index (χ4n) is 7.28. The highest BCUT2D eigenvalue weighted by Crippen LogP contribution is 2.35. The van der Waals surface area contributed by atoms with Crippen molar-refractivity contribution in [2.45, 2.75) is 88.8 Å². The summed E-state index contributed by atoms with van der Waals surface area (Å²) in [6.07, 6.45) is 4.57. The molecule has 4 aliphatic rings. The molecule has 2 amide bonds. The Morgan fingerprint density at radius 1 is 1.00 bits per heavy atom. The minimum Gasteiger partial charge on any atom is -0.333 e. The molecule has 0 bridgehead atoms. The van der Waals surface area contributed by atoms with E-state index < -0.39 is 21.8 Å². The number of hydrogen-bond acceptors (Lipinski definition) is 5. The summed E-state index contributed by atoms with van der Waals surface area (Å²) in [5, 5.41) is 8.01. The Hall–Kier alpha value is -2.64. The van der Waals surface area contributed by atoms with Crippen LogP contribution < -0.4 is 5.32 Å². The maximum Gasteiger partial charge on any atom is 0.416 e. The second-order valence-electron chi connectivity index (χ2n) is 12.2. The number of urea groups is 1. The smallest absolute Gasteiger partial charge is 0.333 e. The molecule has 3 aliphatic heterocycles. The average Bonchev–Trinajstić information content (AvgIpc) is 3.49. The molecule has 3 fully saturated rings. The first-order valence-corrected chi connectivity index (χ1v) is 16.9. The van der Waals surface area contributed by atoms with Crippen molar-refractivity contribution < 1.29 is 26.4 Å². The van der Waals surface area contributed by atoms with E-state index in [1.54, 1.807) is 0 Å². The van der Waals surface area contributed by atoms with E-state index >= 15 is 0 Å². The van der Waals surface area contributed by atoms with Crippen molar-refractivity contribution in [1.29, 1.82) is 0 Å². The number of aromatic nitrogens is 2. The van der Waals surface area contributed by atoms with Crippen molar-refractivity contribution in [1.82, 2.24) is 29.2 Å². The van der Waals surface area contributed by atoms with E-state index in [0.717, 1.165) is 75.1 Å². The Balaban J connectivity index is 1.11. The van der Waals surface area contributed by atoms with E-state index in [-0.39, 0.29) is 18.6 Å². The van der Waals surface area contributed by atoms with Crippen LogP contribution in [0.4, 0.5) is 18.0 Å². The van der Waals surface area contributed by atoms with Crippen LogP contribution in [0.2, 0.25) is 0 Å². The predicted molar refractivity (Wildman–Crippen MR) is 152 cm³/mol. The number of nitrogens with zero attached hydrogens (tertiary/aromatic N) is 5. The standard InChI is InChI=1S/C29H39F3N6O3S/c1-42(40,41)36-18-13-25-23(19-36)27(20-7-9-21(10-8-20)29(30,31)32)34-37(25)15-4-14-35-16-11-22(12-17-35)38-26-6-3-2-5-24(26)33-28(38)39/h7-10,22,24,26H,2-6,11-19H2,1H3,(H,33,39). The molecule has 42 heavy (non-hydrogen) atoms. The number of benzene rings is 1. The first kappa shape index (κ1) is 29.4. The van der Waals surface area contributed by atoms with Gasteiger partial charge in [-0.15, -0.1) is 0 Å². The van der Waals surface area contributed by atoms with Crippen LogP contribution >= 0.6 is 0 Å². The number of sulfonamides is 1. The zero-order valence-corrected chi connectivity index (χ0v) is 24.8. The van der Waals surface area contributed by atoms with Gasteiger partial charge in [0.2, 0.25) is 10.0 Å². The number of rotatable bonds is 7. The van der Waals surface area contributed by atoms with Crippen molar-refractivity contribution in [3.8, 4) is 11.3 Å². The number of fused-ring (bicyclic) bond motifs is 2. The molecule has 6 rings (SSSR count). The Bertz CT molecular complexity index is 1400. The molecule has 230 valence electrons. The summed E-state index contributed by atoms with van der Waals surface area (Å²) < 4.78 is 67.3. The third-order valence-electron chi connectivity index (χ3n) is 9.48. The number of piperidine rings is 1. The predicted octanol–water partition coefficient (Wildman–Crippen LogP) is 4.08. The average molecular weight is 609 g/mol. The van der Waals surface area contributed by atoms with Crippen LogP contribution in [0.3, 0.4) is 0 Å². The summed E-state index contributed by atoms with van der Waals surface area (Å²) >= 11 is 0. The molecular formula is C29H39F3N6O3S. The van der Waals surface area contributed by atoms with Crippen molar-refractivity contribution in [3.05, 3.63) is 41.1 Å². The summed E-state index contributed by atoms with van der Waals surface area (Å²) in [5.74, 6) is 0. The van der Waals surface area contributed by atoms with Crippen LogP contribution in [0.25, 0.3) is 11.3 Å². The van der Waals surface area contributed by atoms with Crippen molar-refractivity contribution >= 4 is 16.1 Å². The number of amides is 2. The molecule has 9 nitrogen and oxygen atoms in total. The van der Waals surface area contributed by atoms with Gasteiger partial charge in [0, 0.05) is 62.0 Å². The van der Waals surface area contributed by atoms with Gasteiger partial charge in [0.25, 0.3) is 0 Å². The summed E-state index contributed by atoms with van der Waals surface area (Å²) in [5.41, 5.74) is 2.06. The number of aryl methyl sites for hydroxylation is 1. The molecule has 1 aromatic carbocycles. The Morgan fingerprint density at radius 2 is 1.71 bits per heavy atom. The first-order valence-electron chi connectivity index (χ1n) is 15.0. The summed E-state index contributed by atoms with van der Waals surface area (Å²) in [7, 11) is -3.42. The number of alkyl halides is 3. The minimum atomic E-state index is -4.43. The molecule has 1 saturated carbocycles. The third-order valence-corrected chi connectivity index (χ3v) is 10.7. The van der Waals surface area contributed by atoms with Crippen LogP contribution in [0.5, 0.6) is 0 Å². The van der Waals surface area contributed by atoms with Gasteiger partial charge in [-0.1, -0.05) is 25.0 Å². The van der Waals surface area contributed by atoms with Gasteiger partial charge >= 0.3 is 12.2 Å². The van der Waals surface area contributed by atoms with Crippen LogP contribution in [0, 0.1) is 0 Å². The van der Waals surface area contributed by atoms with E-state index in [1.807, 2.05) is 4.68 Å². The highest BCUT2D eigenvalue weighted by molar-refractivity contribution is 7.88.